The molecule has 1 aromatic carbocycles. The molecule has 0 unspecified atom stereocenters. The molecule has 2 rings (SSSR count). The zero-order valence-corrected chi connectivity index (χ0v) is 12.3. The highest BCUT2D eigenvalue weighted by Crippen LogP contribution is 2.25. The molecular weight excluding hydrogens is 272 g/mol. The summed E-state index contributed by atoms with van der Waals surface area (Å²) in [5.41, 5.74) is 1.45. The largest absolute Gasteiger partial charge is 0.383 e. The number of anilines is 1. The first-order valence-corrected chi connectivity index (χ1v) is 6.92. The highest BCUT2D eigenvalue weighted by atomic mass is 16.6. The average molecular weight is 292 g/mol. The summed E-state index contributed by atoms with van der Waals surface area (Å²) in [5, 5.41) is 16.6. The first kappa shape index (κ1) is 15.2. The molecule has 7 heteroatoms. The van der Waals surface area contributed by atoms with Gasteiger partial charge in [-0.15, -0.1) is 0 Å². The van der Waals surface area contributed by atoms with Gasteiger partial charge in [0.05, 0.1) is 11.5 Å². The summed E-state index contributed by atoms with van der Waals surface area (Å²) in [5.74, 6) is 0.0238. The van der Waals surface area contributed by atoms with E-state index in [2.05, 4.69) is 10.6 Å². The Labute approximate surface area is 123 Å². The number of nitrogens with zero attached hydrogens (tertiary/aromatic N) is 2. The summed E-state index contributed by atoms with van der Waals surface area (Å²) >= 11 is 0. The SMILES string of the molecule is CNc1cc(CN(C)CC(=O)NC2CC2)ccc1[N+](=O)[O-]. The summed E-state index contributed by atoms with van der Waals surface area (Å²) < 4.78 is 0. The monoisotopic (exact) mass is 292 g/mol. The minimum Gasteiger partial charge on any atom is -0.383 e. The third-order valence-electron chi connectivity index (χ3n) is 3.34. The van der Waals surface area contributed by atoms with Crippen molar-refractivity contribution in [3.8, 4) is 0 Å². The van der Waals surface area contributed by atoms with Crippen LogP contribution < -0.4 is 10.6 Å². The van der Waals surface area contributed by atoms with E-state index in [9.17, 15) is 14.9 Å². The second-order valence-corrected chi connectivity index (χ2v) is 5.37. The van der Waals surface area contributed by atoms with Crippen LogP contribution in [0.15, 0.2) is 18.2 Å². The van der Waals surface area contributed by atoms with Crippen molar-refractivity contribution in [3.63, 3.8) is 0 Å². The lowest BCUT2D eigenvalue weighted by molar-refractivity contribution is -0.384. The van der Waals surface area contributed by atoms with Crippen LogP contribution in [0.25, 0.3) is 0 Å². The minimum atomic E-state index is -0.414. The van der Waals surface area contributed by atoms with Crippen LogP contribution in [0, 0.1) is 10.1 Å². The molecule has 1 aliphatic carbocycles. The Balaban J connectivity index is 1.94. The lowest BCUT2D eigenvalue weighted by Gasteiger charge is -2.16. The van der Waals surface area contributed by atoms with Crippen LogP contribution in [-0.4, -0.2) is 42.4 Å². The Morgan fingerprint density at radius 3 is 2.76 bits per heavy atom. The second kappa shape index (κ2) is 6.53. The van der Waals surface area contributed by atoms with Crippen LogP contribution >= 0.6 is 0 Å². The van der Waals surface area contributed by atoms with Gasteiger partial charge in [0.25, 0.3) is 5.69 Å². The van der Waals surface area contributed by atoms with Crippen molar-refractivity contribution in [1.82, 2.24) is 10.2 Å². The molecule has 1 saturated carbocycles. The van der Waals surface area contributed by atoms with Gasteiger partial charge in [-0.25, -0.2) is 0 Å². The lowest BCUT2D eigenvalue weighted by atomic mass is 10.1. The second-order valence-electron chi connectivity index (χ2n) is 5.37. The molecule has 21 heavy (non-hydrogen) atoms. The summed E-state index contributed by atoms with van der Waals surface area (Å²) in [6.07, 6.45) is 2.15. The molecule has 1 fully saturated rings. The molecule has 114 valence electrons. The first-order chi connectivity index (χ1) is 9.99. The molecule has 0 aliphatic heterocycles. The van der Waals surface area contributed by atoms with E-state index in [0.29, 0.717) is 24.8 Å². The summed E-state index contributed by atoms with van der Waals surface area (Å²) in [6.45, 7) is 0.882. The fourth-order valence-electron chi connectivity index (χ4n) is 2.15. The molecule has 0 saturated heterocycles. The predicted molar refractivity (Wildman–Crippen MR) is 80.1 cm³/mol. The zero-order valence-electron chi connectivity index (χ0n) is 12.3. The van der Waals surface area contributed by atoms with Gasteiger partial charge in [-0.2, -0.15) is 0 Å². The van der Waals surface area contributed by atoms with E-state index >= 15 is 0 Å². The van der Waals surface area contributed by atoms with E-state index in [-0.39, 0.29) is 11.6 Å². The summed E-state index contributed by atoms with van der Waals surface area (Å²) in [4.78, 5) is 24.0. The number of nitro benzene ring substituents is 1. The fraction of sp³-hybridized carbons (Fsp3) is 0.500. The third kappa shape index (κ3) is 4.42. The van der Waals surface area contributed by atoms with Crippen molar-refractivity contribution in [3.05, 3.63) is 33.9 Å². The normalized spacial score (nSPS) is 14.0. The van der Waals surface area contributed by atoms with Gasteiger partial charge < -0.3 is 10.6 Å². The minimum absolute atomic E-state index is 0.0238. The molecule has 0 aromatic heterocycles. The number of rotatable bonds is 7. The third-order valence-corrected chi connectivity index (χ3v) is 3.34. The van der Waals surface area contributed by atoms with Gasteiger partial charge in [-0.05, 0) is 31.5 Å². The van der Waals surface area contributed by atoms with Crippen molar-refractivity contribution in [2.45, 2.75) is 25.4 Å². The lowest BCUT2D eigenvalue weighted by Crippen LogP contribution is -2.35. The molecule has 1 aromatic rings. The van der Waals surface area contributed by atoms with E-state index in [1.807, 2.05) is 11.9 Å². The van der Waals surface area contributed by atoms with Gasteiger partial charge in [0.1, 0.15) is 5.69 Å². The summed E-state index contributed by atoms with van der Waals surface area (Å²) in [6, 6.07) is 5.31. The Morgan fingerprint density at radius 1 is 1.48 bits per heavy atom. The Hall–Kier alpha value is -2.15. The maximum Gasteiger partial charge on any atom is 0.292 e. The number of hydrogen-bond acceptors (Lipinski definition) is 5. The van der Waals surface area contributed by atoms with Gasteiger partial charge in [0.2, 0.25) is 5.91 Å². The quantitative estimate of drug-likeness (QED) is 0.585. The van der Waals surface area contributed by atoms with E-state index < -0.39 is 4.92 Å². The number of amides is 1. The van der Waals surface area contributed by atoms with Gasteiger partial charge in [0.15, 0.2) is 0 Å². The van der Waals surface area contributed by atoms with Crippen molar-refractivity contribution in [1.29, 1.82) is 0 Å². The van der Waals surface area contributed by atoms with Crippen LogP contribution in [0.4, 0.5) is 11.4 Å². The Kier molecular flexibility index (Phi) is 4.74. The van der Waals surface area contributed by atoms with Gasteiger partial charge in [0, 0.05) is 25.7 Å². The molecular formula is C14H20N4O3. The van der Waals surface area contributed by atoms with Crippen molar-refractivity contribution < 1.29 is 9.72 Å². The molecule has 1 aliphatic rings. The number of nitro groups is 1. The maximum absolute atomic E-state index is 11.7. The molecule has 0 heterocycles. The molecule has 0 atom stereocenters. The summed E-state index contributed by atoms with van der Waals surface area (Å²) in [7, 11) is 3.51. The smallest absolute Gasteiger partial charge is 0.292 e. The van der Waals surface area contributed by atoms with Gasteiger partial charge >= 0.3 is 0 Å². The average Bonchev–Trinajstić information content (AvgIpc) is 3.21. The Bertz CT molecular complexity index is 543. The number of likely N-dealkylation sites (N-methyl/N-ethyl adjacent to an activating group) is 1. The molecule has 0 bridgehead atoms. The number of carbonyl (C=O) groups excluding carboxylic acids is 1. The zero-order chi connectivity index (χ0) is 15.4. The van der Waals surface area contributed by atoms with E-state index in [1.54, 1.807) is 19.2 Å². The number of nitrogens with one attached hydrogen (secondary N) is 2. The van der Waals surface area contributed by atoms with Crippen molar-refractivity contribution >= 4 is 17.3 Å². The highest BCUT2D eigenvalue weighted by Gasteiger charge is 2.23. The van der Waals surface area contributed by atoms with Crippen LogP contribution in [0.1, 0.15) is 18.4 Å². The maximum atomic E-state index is 11.7. The van der Waals surface area contributed by atoms with Crippen LogP contribution in [0.2, 0.25) is 0 Å². The fourth-order valence-corrected chi connectivity index (χ4v) is 2.15. The molecule has 0 radical (unpaired) electrons. The van der Waals surface area contributed by atoms with Crippen molar-refractivity contribution in [2.24, 2.45) is 0 Å². The molecule has 2 N–H and O–H groups in total. The van der Waals surface area contributed by atoms with Gasteiger partial charge in [-0.1, -0.05) is 6.07 Å². The standard InChI is InChI=1S/C14H20N4O3/c1-15-12-7-10(3-6-13(12)18(20)21)8-17(2)9-14(19)16-11-4-5-11/h3,6-7,11,15H,4-5,8-9H2,1-2H3,(H,16,19). The van der Waals surface area contributed by atoms with E-state index in [0.717, 1.165) is 18.4 Å². The predicted octanol–water partition coefficient (Wildman–Crippen LogP) is 1.35. The first-order valence-electron chi connectivity index (χ1n) is 6.92. The van der Waals surface area contributed by atoms with E-state index in [4.69, 9.17) is 0 Å². The number of benzene rings is 1. The molecule has 7 nitrogen and oxygen atoms in total. The number of hydrogen-bond donors (Lipinski definition) is 2. The van der Waals surface area contributed by atoms with Gasteiger partial charge in [-0.3, -0.25) is 19.8 Å². The molecule has 0 spiro atoms. The van der Waals surface area contributed by atoms with Crippen LogP contribution in [0.3, 0.4) is 0 Å². The topological polar surface area (TPSA) is 87.5 Å². The molecule has 1 amide bonds. The number of carbonyl (C=O) groups is 1. The van der Waals surface area contributed by atoms with Crippen LogP contribution in [-0.2, 0) is 11.3 Å². The van der Waals surface area contributed by atoms with Crippen LogP contribution in [0.5, 0.6) is 0 Å². The Morgan fingerprint density at radius 2 is 2.19 bits per heavy atom. The highest BCUT2D eigenvalue weighted by molar-refractivity contribution is 5.78. The van der Waals surface area contributed by atoms with E-state index in [1.165, 1.54) is 6.07 Å². The van der Waals surface area contributed by atoms with Crippen molar-refractivity contribution in [2.75, 3.05) is 26.0 Å².